The van der Waals surface area contributed by atoms with E-state index in [1.54, 1.807) is 17.4 Å². The van der Waals surface area contributed by atoms with Gasteiger partial charge >= 0.3 is 0 Å². The SMILES string of the molecule is CC(C)N(Cc1cccs1)c1ccc(F)cc1C(=N)N. The normalized spacial score (nSPS) is 10.8. The van der Waals surface area contributed by atoms with Crippen molar-refractivity contribution >= 4 is 22.9 Å². The van der Waals surface area contributed by atoms with Crippen molar-refractivity contribution in [2.75, 3.05) is 4.90 Å². The number of nitrogens with one attached hydrogen (secondary N) is 1. The van der Waals surface area contributed by atoms with E-state index in [1.807, 2.05) is 11.4 Å². The molecule has 106 valence electrons. The number of nitrogen functional groups attached to an aromatic ring is 1. The van der Waals surface area contributed by atoms with Crippen LogP contribution in [0.3, 0.4) is 0 Å². The highest BCUT2D eigenvalue weighted by molar-refractivity contribution is 7.09. The molecule has 0 amide bonds. The number of halogens is 1. The van der Waals surface area contributed by atoms with Crippen LogP contribution in [-0.4, -0.2) is 11.9 Å². The number of rotatable bonds is 5. The van der Waals surface area contributed by atoms with E-state index in [9.17, 15) is 4.39 Å². The third kappa shape index (κ3) is 3.17. The van der Waals surface area contributed by atoms with Crippen molar-refractivity contribution in [3.8, 4) is 0 Å². The van der Waals surface area contributed by atoms with Crippen molar-refractivity contribution in [2.24, 2.45) is 5.73 Å². The van der Waals surface area contributed by atoms with Gasteiger partial charge in [0, 0.05) is 22.2 Å². The van der Waals surface area contributed by atoms with Gasteiger partial charge in [0.25, 0.3) is 0 Å². The van der Waals surface area contributed by atoms with Crippen LogP contribution >= 0.6 is 11.3 Å². The molecule has 3 nitrogen and oxygen atoms in total. The molecule has 0 radical (unpaired) electrons. The Kier molecular flexibility index (Phi) is 4.39. The lowest BCUT2D eigenvalue weighted by Crippen LogP contribution is -2.32. The summed E-state index contributed by atoms with van der Waals surface area (Å²) >= 11 is 1.68. The summed E-state index contributed by atoms with van der Waals surface area (Å²) < 4.78 is 13.4. The molecule has 0 aliphatic rings. The first-order valence-corrected chi connectivity index (χ1v) is 7.30. The van der Waals surface area contributed by atoms with Crippen LogP contribution in [0.2, 0.25) is 0 Å². The fourth-order valence-electron chi connectivity index (χ4n) is 2.09. The van der Waals surface area contributed by atoms with Crippen molar-refractivity contribution in [1.29, 1.82) is 5.41 Å². The summed E-state index contributed by atoms with van der Waals surface area (Å²) in [6, 6.07) is 8.72. The van der Waals surface area contributed by atoms with E-state index in [4.69, 9.17) is 11.1 Å². The molecular weight excluding hydrogens is 273 g/mol. The van der Waals surface area contributed by atoms with Crippen LogP contribution in [0.5, 0.6) is 0 Å². The van der Waals surface area contributed by atoms with Gasteiger partial charge in [0.1, 0.15) is 11.7 Å². The predicted molar refractivity (Wildman–Crippen MR) is 83.1 cm³/mol. The van der Waals surface area contributed by atoms with Crippen LogP contribution in [-0.2, 0) is 6.54 Å². The van der Waals surface area contributed by atoms with Gasteiger partial charge in [-0.2, -0.15) is 0 Å². The Morgan fingerprint density at radius 1 is 1.40 bits per heavy atom. The molecule has 3 N–H and O–H groups in total. The maximum Gasteiger partial charge on any atom is 0.125 e. The first-order chi connectivity index (χ1) is 9.49. The van der Waals surface area contributed by atoms with Crippen molar-refractivity contribution in [3.63, 3.8) is 0 Å². The van der Waals surface area contributed by atoms with Crippen LogP contribution < -0.4 is 10.6 Å². The van der Waals surface area contributed by atoms with Gasteiger partial charge in [-0.15, -0.1) is 11.3 Å². The number of hydrogen-bond acceptors (Lipinski definition) is 3. The van der Waals surface area contributed by atoms with Gasteiger partial charge in [-0.05, 0) is 43.5 Å². The quantitative estimate of drug-likeness (QED) is 0.653. The van der Waals surface area contributed by atoms with Gasteiger partial charge < -0.3 is 10.6 Å². The molecular formula is C15H18FN3S. The lowest BCUT2D eigenvalue weighted by Gasteiger charge is -2.30. The Labute approximate surface area is 122 Å². The first-order valence-electron chi connectivity index (χ1n) is 6.42. The first kappa shape index (κ1) is 14.5. The molecule has 0 aliphatic heterocycles. The van der Waals surface area contributed by atoms with E-state index in [0.29, 0.717) is 5.56 Å². The largest absolute Gasteiger partial charge is 0.384 e. The monoisotopic (exact) mass is 291 g/mol. The van der Waals surface area contributed by atoms with Crippen LogP contribution in [0.25, 0.3) is 0 Å². The van der Waals surface area contributed by atoms with Gasteiger partial charge in [-0.25, -0.2) is 4.39 Å². The molecule has 2 rings (SSSR count). The summed E-state index contributed by atoms with van der Waals surface area (Å²) in [5.74, 6) is -0.491. The molecule has 0 bridgehead atoms. The minimum atomic E-state index is -0.376. The fraction of sp³-hybridized carbons (Fsp3) is 0.267. The van der Waals surface area contributed by atoms with Gasteiger partial charge in [-0.3, -0.25) is 5.41 Å². The fourth-order valence-corrected chi connectivity index (χ4v) is 2.79. The van der Waals surface area contributed by atoms with Gasteiger partial charge in [0.05, 0.1) is 6.54 Å². The van der Waals surface area contributed by atoms with E-state index in [2.05, 4.69) is 24.8 Å². The van der Waals surface area contributed by atoms with Crippen molar-refractivity contribution in [2.45, 2.75) is 26.4 Å². The summed E-state index contributed by atoms with van der Waals surface area (Å²) in [7, 11) is 0. The molecule has 0 saturated carbocycles. The minimum absolute atomic E-state index is 0.115. The van der Waals surface area contributed by atoms with Crippen LogP contribution in [0.1, 0.15) is 24.3 Å². The Bertz CT molecular complexity index is 593. The molecule has 0 spiro atoms. The zero-order valence-corrected chi connectivity index (χ0v) is 12.4. The van der Waals surface area contributed by atoms with Crippen molar-refractivity contribution in [3.05, 3.63) is 52.0 Å². The number of hydrogen-bond donors (Lipinski definition) is 2. The standard InChI is InChI=1S/C15H18FN3S/c1-10(2)19(9-12-4-3-7-20-12)14-6-5-11(16)8-13(14)15(17)18/h3-8,10H,9H2,1-2H3,(H3,17,18). The minimum Gasteiger partial charge on any atom is -0.384 e. The summed E-state index contributed by atoms with van der Waals surface area (Å²) in [5.41, 5.74) is 6.82. The van der Waals surface area contributed by atoms with E-state index in [-0.39, 0.29) is 17.7 Å². The average molecular weight is 291 g/mol. The van der Waals surface area contributed by atoms with Crippen molar-refractivity contribution < 1.29 is 4.39 Å². The van der Waals surface area contributed by atoms with E-state index in [0.717, 1.165) is 12.2 Å². The van der Waals surface area contributed by atoms with Gasteiger partial charge in [-0.1, -0.05) is 6.07 Å². The van der Waals surface area contributed by atoms with E-state index < -0.39 is 0 Å². The number of nitrogens with zero attached hydrogens (tertiary/aromatic N) is 1. The Balaban J connectivity index is 2.41. The molecule has 1 aromatic carbocycles. The number of benzene rings is 1. The molecule has 1 aromatic heterocycles. The average Bonchev–Trinajstić information content (AvgIpc) is 2.89. The Morgan fingerprint density at radius 3 is 2.70 bits per heavy atom. The molecule has 1 heterocycles. The van der Waals surface area contributed by atoms with E-state index in [1.165, 1.54) is 17.0 Å². The Hall–Kier alpha value is -1.88. The zero-order valence-electron chi connectivity index (χ0n) is 11.6. The van der Waals surface area contributed by atoms with Crippen LogP contribution in [0, 0.1) is 11.2 Å². The molecule has 0 saturated heterocycles. The molecule has 0 fully saturated rings. The highest BCUT2D eigenvalue weighted by Gasteiger charge is 2.17. The number of nitrogens with two attached hydrogens (primary N) is 1. The highest BCUT2D eigenvalue weighted by Crippen LogP contribution is 2.26. The number of amidine groups is 1. The van der Waals surface area contributed by atoms with Crippen molar-refractivity contribution in [1.82, 2.24) is 0 Å². The predicted octanol–water partition coefficient (Wildman–Crippen LogP) is 3.59. The third-order valence-corrected chi connectivity index (χ3v) is 3.95. The summed E-state index contributed by atoms with van der Waals surface area (Å²) in [6.45, 7) is 4.86. The molecule has 0 aliphatic carbocycles. The zero-order chi connectivity index (χ0) is 14.7. The maximum atomic E-state index is 13.4. The second-order valence-electron chi connectivity index (χ2n) is 4.88. The second-order valence-corrected chi connectivity index (χ2v) is 5.91. The molecule has 20 heavy (non-hydrogen) atoms. The lowest BCUT2D eigenvalue weighted by atomic mass is 10.1. The van der Waals surface area contributed by atoms with Gasteiger partial charge in [0.15, 0.2) is 0 Å². The summed E-state index contributed by atoms with van der Waals surface area (Å²) in [5, 5.41) is 9.68. The Morgan fingerprint density at radius 2 is 2.15 bits per heavy atom. The second kappa shape index (κ2) is 6.05. The lowest BCUT2D eigenvalue weighted by molar-refractivity contribution is 0.625. The summed E-state index contributed by atoms with van der Waals surface area (Å²) in [4.78, 5) is 3.35. The van der Waals surface area contributed by atoms with Gasteiger partial charge in [0.2, 0.25) is 0 Å². The highest BCUT2D eigenvalue weighted by atomic mass is 32.1. The van der Waals surface area contributed by atoms with E-state index >= 15 is 0 Å². The number of thiophene rings is 1. The third-order valence-electron chi connectivity index (χ3n) is 3.09. The molecule has 2 aromatic rings. The molecule has 0 atom stereocenters. The summed E-state index contributed by atoms with van der Waals surface area (Å²) in [6.07, 6.45) is 0. The van der Waals surface area contributed by atoms with Crippen LogP contribution in [0.15, 0.2) is 35.7 Å². The number of anilines is 1. The molecule has 0 unspecified atom stereocenters. The topological polar surface area (TPSA) is 53.1 Å². The molecule has 5 heteroatoms. The maximum absolute atomic E-state index is 13.4. The smallest absolute Gasteiger partial charge is 0.125 e. The van der Waals surface area contributed by atoms with Crippen LogP contribution in [0.4, 0.5) is 10.1 Å².